The van der Waals surface area contributed by atoms with Gasteiger partial charge in [-0.2, -0.15) is 0 Å². The zero-order valence-corrected chi connectivity index (χ0v) is 11.0. The van der Waals surface area contributed by atoms with Gasteiger partial charge in [-0.25, -0.2) is 4.98 Å². The van der Waals surface area contributed by atoms with Crippen LogP contribution in [0.2, 0.25) is 0 Å². The molecule has 0 aliphatic rings. The Balaban J connectivity index is 2.40. The van der Waals surface area contributed by atoms with E-state index in [9.17, 15) is 0 Å². The molecule has 0 bridgehead atoms. The van der Waals surface area contributed by atoms with Gasteiger partial charge in [0.05, 0.1) is 12.8 Å². The number of nitrogens with zero attached hydrogens (tertiary/aromatic N) is 1. The molecule has 0 saturated carbocycles. The molecule has 2 rings (SSSR count). The lowest BCUT2D eigenvalue weighted by molar-refractivity contribution is 0.415. The van der Waals surface area contributed by atoms with E-state index in [0.29, 0.717) is 6.54 Å². The van der Waals surface area contributed by atoms with E-state index in [1.807, 2.05) is 31.2 Å². The monoisotopic (exact) mass is 245 g/mol. The lowest BCUT2D eigenvalue weighted by Gasteiger charge is -2.03. The van der Waals surface area contributed by atoms with Gasteiger partial charge in [0.25, 0.3) is 0 Å². The number of rotatable bonds is 4. The van der Waals surface area contributed by atoms with Crippen LogP contribution in [0.4, 0.5) is 0 Å². The van der Waals surface area contributed by atoms with Crippen molar-refractivity contribution in [3.8, 4) is 17.0 Å². The zero-order valence-electron chi connectivity index (χ0n) is 11.0. The molecule has 1 atom stereocenters. The van der Waals surface area contributed by atoms with E-state index in [4.69, 9.17) is 10.5 Å². The fourth-order valence-electron chi connectivity index (χ4n) is 1.88. The first-order chi connectivity index (χ1) is 8.65. The van der Waals surface area contributed by atoms with Crippen LogP contribution in [0.5, 0.6) is 5.75 Å². The lowest BCUT2D eigenvalue weighted by atomic mass is 10.1. The molecule has 0 fully saturated rings. The first-order valence-electron chi connectivity index (χ1n) is 6.06. The van der Waals surface area contributed by atoms with Gasteiger partial charge in [0, 0.05) is 23.7 Å². The quantitative estimate of drug-likeness (QED) is 0.869. The van der Waals surface area contributed by atoms with Crippen molar-refractivity contribution in [2.45, 2.75) is 19.8 Å². The molecule has 1 aromatic carbocycles. The SMILES string of the molecule is COc1cccc(-c2nc(C(C)CN)[nH]c2C)c1. The van der Waals surface area contributed by atoms with Gasteiger partial charge in [0.15, 0.2) is 0 Å². The highest BCUT2D eigenvalue weighted by molar-refractivity contribution is 5.63. The van der Waals surface area contributed by atoms with Crippen molar-refractivity contribution in [1.29, 1.82) is 0 Å². The third kappa shape index (κ3) is 2.38. The van der Waals surface area contributed by atoms with Gasteiger partial charge < -0.3 is 15.5 Å². The molecule has 96 valence electrons. The number of aromatic amines is 1. The van der Waals surface area contributed by atoms with E-state index in [0.717, 1.165) is 28.5 Å². The summed E-state index contributed by atoms with van der Waals surface area (Å²) in [5.41, 5.74) is 8.74. The van der Waals surface area contributed by atoms with Crippen LogP contribution in [0.25, 0.3) is 11.3 Å². The van der Waals surface area contributed by atoms with Crippen LogP contribution in [0.3, 0.4) is 0 Å². The lowest BCUT2D eigenvalue weighted by Crippen LogP contribution is -2.10. The molecular formula is C14H19N3O. The van der Waals surface area contributed by atoms with Gasteiger partial charge in [-0.1, -0.05) is 19.1 Å². The number of aryl methyl sites for hydroxylation is 1. The minimum atomic E-state index is 0.239. The van der Waals surface area contributed by atoms with Crippen LogP contribution in [0.15, 0.2) is 24.3 Å². The van der Waals surface area contributed by atoms with Crippen LogP contribution < -0.4 is 10.5 Å². The van der Waals surface area contributed by atoms with Crippen molar-refractivity contribution in [1.82, 2.24) is 9.97 Å². The zero-order chi connectivity index (χ0) is 13.1. The van der Waals surface area contributed by atoms with Crippen molar-refractivity contribution in [2.75, 3.05) is 13.7 Å². The second-order valence-electron chi connectivity index (χ2n) is 4.46. The number of nitrogens with two attached hydrogens (primary N) is 1. The fraction of sp³-hybridized carbons (Fsp3) is 0.357. The number of ether oxygens (including phenoxy) is 1. The van der Waals surface area contributed by atoms with Crippen molar-refractivity contribution in [3.63, 3.8) is 0 Å². The van der Waals surface area contributed by atoms with E-state index in [-0.39, 0.29) is 5.92 Å². The number of benzene rings is 1. The molecule has 0 amide bonds. The van der Waals surface area contributed by atoms with E-state index >= 15 is 0 Å². The summed E-state index contributed by atoms with van der Waals surface area (Å²) in [6, 6.07) is 7.91. The smallest absolute Gasteiger partial charge is 0.119 e. The molecule has 0 spiro atoms. The normalized spacial score (nSPS) is 12.4. The van der Waals surface area contributed by atoms with Gasteiger partial charge in [-0.05, 0) is 19.1 Å². The number of H-pyrrole nitrogens is 1. The Morgan fingerprint density at radius 1 is 1.44 bits per heavy atom. The summed E-state index contributed by atoms with van der Waals surface area (Å²) in [6.45, 7) is 4.67. The number of methoxy groups -OCH3 is 1. The standard InChI is InChI=1S/C14H19N3O/c1-9(8-15)14-16-10(2)13(17-14)11-5-4-6-12(7-11)18-3/h4-7,9H,8,15H2,1-3H3,(H,16,17). The van der Waals surface area contributed by atoms with E-state index in [2.05, 4.69) is 16.9 Å². The molecule has 0 aliphatic carbocycles. The first-order valence-corrected chi connectivity index (χ1v) is 6.06. The van der Waals surface area contributed by atoms with Crippen molar-refractivity contribution < 1.29 is 4.74 Å². The molecule has 0 aliphatic heterocycles. The molecule has 1 aromatic heterocycles. The summed E-state index contributed by atoms with van der Waals surface area (Å²) in [5.74, 6) is 2.01. The number of hydrogen-bond acceptors (Lipinski definition) is 3. The van der Waals surface area contributed by atoms with Gasteiger partial charge >= 0.3 is 0 Å². The second kappa shape index (κ2) is 5.23. The molecule has 2 aromatic rings. The van der Waals surface area contributed by atoms with Gasteiger partial charge in [0.2, 0.25) is 0 Å². The molecular weight excluding hydrogens is 226 g/mol. The Labute approximate surface area is 107 Å². The molecule has 18 heavy (non-hydrogen) atoms. The molecule has 1 unspecified atom stereocenters. The first kappa shape index (κ1) is 12.6. The third-order valence-electron chi connectivity index (χ3n) is 3.07. The Kier molecular flexibility index (Phi) is 3.67. The fourth-order valence-corrected chi connectivity index (χ4v) is 1.88. The summed E-state index contributed by atoms with van der Waals surface area (Å²) >= 11 is 0. The summed E-state index contributed by atoms with van der Waals surface area (Å²) in [6.07, 6.45) is 0. The summed E-state index contributed by atoms with van der Waals surface area (Å²) in [4.78, 5) is 7.93. The molecule has 4 heteroatoms. The highest BCUT2D eigenvalue weighted by atomic mass is 16.5. The number of hydrogen-bond donors (Lipinski definition) is 2. The average molecular weight is 245 g/mol. The van der Waals surface area contributed by atoms with Crippen LogP contribution in [-0.4, -0.2) is 23.6 Å². The van der Waals surface area contributed by atoms with Gasteiger partial charge in [-0.15, -0.1) is 0 Å². The minimum Gasteiger partial charge on any atom is -0.497 e. The van der Waals surface area contributed by atoms with Crippen LogP contribution >= 0.6 is 0 Å². The summed E-state index contributed by atoms with van der Waals surface area (Å²) < 4.78 is 5.23. The Morgan fingerprint density at radius 2 is 2.22 bits per heavy atom. The Bertz CT molecular complexity index is 534. The highest BCUT2D eigenvalue weighted by Crippen LogP contribution is 2.26. The Hall–Kier alpha value is -1.81. The summed E-state index contributed by atoms with van der Waals surface area (Å²) in [7, 11) is 1.67. The maximum absolute atomic E-state index is 5.67. The van der Waals surface area contributed by atoms with E-state index < -0.39 is 0 Å². The van der Waals surface area contributed by atoms with Crippen molar-refractivity contribution in [2.24, 2.45) is 5.73 Å². The third-order valence-corrected chi connectivity index (χ3v) is 3.07. The number of nitrogens with one attached hydrogen (secondary N) is 1. The largest absolute Gasteiger partial charge is 0.497 e. The van der Waals surface area contributed by atoms with E-state index in [1.54, 1.807) is 7.11 Å². The van der Waals surface area contributed by atoms with Gasteiger partial charge in [-0.3, -0.25) is 0 Å². The average Bonchev–Trinajstić information content (AvgIpc) is 2.80. The predicted octanol–water partition coefficient (Wildman–Crippen LogP) is 2.46. The maximum atomic E-state index is 5.67. The van der Waals surface area contributed by atoms with Crippen LogP contribution in [-0.2, 0) is 0 Å². The molecule has 1 heterocycles. The summed E-state index contributed by atoms with van der Waals surface area (Å²) in [5, 5.41) is 0. The topological polar surface area (TPSA) is 63.9 Å². The predicted molar refractivity (Wildman–Crippen MR) is 72.8 cm³/mol. The molecule has 4 nitrogen and oxygen atoms in total. The van der Waals surface area contributed by atoms with Crippen LogP contribution in [0, 0.1) is 6.92 Å². The van der Waals surface area contributed by atoms with E-state index in [1.165, 1.54) is 0 Å². The maximum Gasteiger partial charge on any atom is 0.119 e. The van der Waals surface area contributed by atoms with Gasteiger partial charge in [0.1, 0.15) is 11.6 Å². The minimum absolute atomic E-state index is 0.239. The van der Waals surface area contributed by atoms with Crippen molar-refractivity contribution >= 4 is 0 Å². The molecule has 0 radical (unpaired) electrons. The molecule has 0 saturated heterocycles. The number of imidazole rings is 1. The Morgan fingerprint density at radius 3 is 2.89 bits per heavy atom. The highest BCUT2D eigenvalue weighted by Gasteiger charge is 2.13. The van der Waals surface area contributed by atoms with Crippen LogP contribution in [0.1, 0.15) is 24.4 Å². The van der Waals surface area contributed by atoms with Crippen molar-refractivity contribution in [3.05, 3.63) is 35.8 Å². The second-order valence-corrected chi connectivity index (χ2v) is 4.46. The molecule has 3 N–H and O–H groups in total. The number of aromatic nitrogens is 2.